The van der Waals surface area contributed by atoms with Crippen molar-refractivity contribution in [2.75, 3.05) is 0 Å². The lowest BCUT2D eigenvalue weighted by molar-refractivity contribution is 0.0348. The van der Waals surface area contributed by atoms with E-state index in [1.54, 1.807) is 0 Å². The van der Waals surface area contributed by atoms with E-state index in [1.165, 1.54) is 3.57 Å². The van der Waals surface area contributed by atoms with Gasteiger partial charge in [0.05, 0.1) is 5.60 Å². The maximum Gasteiger partial charge on any atom is 0.0871 e. The van der Waals surface area contributed by atoms with Crippen molar-refractivity contribution in [3.05, 3.63) is 33.4 Å². The summed E-state index contributed by atoms with van der Waals surface area (Å²) in [5.41, 5.74) is 0.310. The van der Waals surface area contributed by atoms with E-state index in [0.29, 0.717) is 5.92 Å². The van der Waals surface area contributed by atoms with E-state index in [9.17, 15) is 5.11 Å². The first-order valence-corrected chi connectivity index (χ1v) is 5.98. The highest BCUT2D eigenvalue weighted by molar-refractivity contribution is 14.1. The second-order valence-corrected chi connectivity index (χ2v) is 5.62. The van der Waals surface area contributed by atoms with Crippen molar-refractivity contribution in [2.45, 2.75) is 32.8 Å². The van der Waals surface area contributed by atoms with E-state index < -0.39 is 5.60 Å². The molecule has 0 bridgehead atoms. The van der Waals surface area contributed by atoms with Crippen LogP contribution in [0.1, 0.15) is 32.8 Å². The first-order chi connectivity index (χ1) is 6.42. The van der Waals surface area contributed by atoms with E-state index >= 15 is 0 Å². The molecule has 1 nitrogen and oxygen atoms in total. The quantitative estimate of drug-likeness (QED) is 0.847. The molecule has 0 aliphatic carbocycles. The lowest BCUT2D eigenvalue weighted by Crippen LogP contribution is -2.23. The van der Waals surface area contributed by atoms with Crippen molar-refractivity contribution in [2.24, 2.45) is 5.92 Å². The molecule has 0 aliphatic rings. The van der Waals surface area contributed by atoms with Crippen LogP contribution >= 0.6 is 22.6 Å². The van der Waals surface area contributed by atoms with E-state index in [1.807, 2.05) is 31.2 Å². The van der Waals surface area contributed by atoms with Crippen LogP contribution in [0.4, 0.5) is 0 Å². The summed E-state index contributed by atoms with van der Waals surface area (Å²) >= 11 is 2.27. The molecule has 0 saturated carbocycles. The minimum Gasteiger partial charge on any atom is -0.385 e. The van der Waals surface area contributed by atoms with Crippen LogP contribution in [0.15, 0.2) is 24.3 Å². The van der Waals surface area contributed by atoms with Gasteiger partial charge in [-0.25, -0.2) is 0 Å². The Balaban J connectivity index is 2.86. The Hall–Kier alpha value is -0.0900. The summed E-state index contributed by atoms with van der Waals surface area (Å²) in [4.78, 5) is 0. The number of benzene rings is 1. The molecule has 0 amide bonds. The lowest BCUT2D eigenvalue weighted by Gasteiger charge is -2.25. The van der Waals surface area contributed by atoms with Gasteiger partial charge in [-0.15, -0.1) is 0 Å². The number of hydrogen-bond acceptors (Lipinski definition) is 1. The van der Waals surface area contributed by atoms with Crippen molar-refractivity contribution in [1.82, 2.24) is 0 Å². The summed E-state index contributed by atoms with van der Waals surface area (Å²) in [6.07, 6.45) is 0.799. The molecule has 78 valence electrons. The number of aliphatic hydroxyl groups is 1. The van der Waals surface area contributed by atoms with Crippen LogP contribution in [-0.4, -0.2) is 5.11 Å². The van der Waals surface area contributed by atoms with Gasteiger partial charge < -0.3 is 5.11 Å². The lowest BCUT2D eigenvalue weighted by atomic mass is 9.88. The molecule has 1 aromatic rings. The monoisotopic (exact) mass is 304 g/mol. The molecule has 0 spiro atoms. The Labute approximate surface area is 99.7 Å². The van der Waals surface area contributed by atoms with Gasteiger partial charge in [0.25, 0.3) is 0 Å². The molecular formula is C12H17IO. The molecule has 1 N–H and O–H groups in total. The molecule has 0 heterocycles. The van der Waals surface area contributed by atoms with Gasteiger partial charge in [0, 0.05) is 3.57 Å². The average molecular weight is 304 g/mol. The smallest absolute Gasteiger partial charge is 0.0871 e. The summed E-state index contributed by atoms with van der Waals surface area (Å²) in [7, 11) is 0. The maximum atomic E-state index is 10.2. The predicted molar refractivity (Wildman–Crippen MR) is 68.2 cm³/mol. The van der Waals surface area contributed by atoms with Gasteiger partial charge in [0.1, 0.15) is 0 Å². The van der Waals surface area contributed by atoms with Crippen LogP contribution in [0.3, 0.4) is 0 Å². The van der Waals surface area contributed by atoms with E-state index in [0.717, 1.165) is 12.0 Å². The van der Waals surface area contributed by atoms with Crippen molar-refractivity contribution in [1.29, 1.82) is 0 Å². The first kappa shape index (κ1) is 12.0. The Kier molecular flexibility index (Phi) is 3.95. The highest BCUT2D eigenvalue weighted by Gasteiger charge is 2.23. The molecule has 14 heavy (non-hydrogen) atoms. The fraction of sp³-hybridized carbons (Fsp3) is 0.500. The highest BCUT2D eigenvalue weighted by Crippen LogP contribution is 2.28. The van der Waals surface area contributed by atoms with E-state index in [2.05, 4.69) is 36.4 Å². The van der Waals surface area contributed by atoms with Crippen molar-refractivity contribution in [3.8, 4) is 0 Å². The Morgan fingerprint density at radius 2 is 1.79 bits per heavy atom. The van der Waals surface area contributed by atoms with Crippen LogP contribution < -0.4 is 0 Å². The zero-order chi connectivity index (χ0) is 10.8. The number of halogens is 1. The van der Waals surface area contributed by atoms with Gasteiger partial charge in [0.2, 0.25) is 0 Å². The van der Waals surface area contributed by atoms with E-state index in [4.69, 9.17) is 0 Å². The van der Waals surface area contributed by atoms with Crippen molar-refractivity contribution >= 4 is 22.6 Å². The molecule has 2 heteroatoms. The first-order valence-electron chi connectivity index (χ1n) is 4.90. The fourth-order valence-corrected chi connectivity index (χ4v) is 2.08. The topological polar surface area (TPSA) is 20.2 Å². The van der Waals surface area contributed by atoms with Crippen LogP contribution in [0.2, 0.25) is 0 Å². The Morgan fingerprint density at radius 1 is 1.29 bits per heavy atom. The third-order valence-electron chi connectivity index (χ3n) is 2.27. The standard InChI is InChI=1S/C12H17IO/c1-9(2)8-12(3,14)10-4-6-11(13)7-5-10/h4-7,9,14H,8H2,1-3H3. The molecule has 1 rings (SSSR count). The van der Waals surface area contributed by atoms with Crippen molar-refractivity contribution in [3.63, 3.8) is 0 Å². The SMILES string of the molecule is CC(C)CC(C)(O)c1ccc(I)cc1. The molecule has 0 aliphatic heterocycles. The molecule has 1 unspecified atom stereocenters. The summed E-state index contributed by atoms with van der Waals surface area (Å²) in [5.74, 6) is 0.504. The van der Waals surface area contributed by atoms with Gasteiger partial charge in [-0.05, 0) is 59.5 Å². The number of hydrogen-bond donors (Lipinski definition) is 1. The molecule has 1 atom stereocenters. The molecule has 0 fully saturated rings. The highest BCUT2D eigenvalue weighted by atomic mass is 127. The Morgan fingerprint density at radius 3 is 2.21 bits per heavy atom. The summed E-state index contributed by atoms with van der Waals surface area (Å²) in [6, 6.07) is 8.07. The van der Waals surface area contributed by atoms with Crippen LogP contribution in [-0.2, 0) is 5.60 Å². The van der Waals surface area contributed by atoms with Gasteiger partial charge in [0.15, 0.2) is 0 Å². The van der Waals surface area contributed by atoms with Crippen LogP contribution in [0, 0.1) is 9.49 Å². The Bertz CT molecular complexity index is 288. The third-order valence-corrected chi connectivity index (χ3v) is 2.99. The van der Waals surface area contributed by atoms with E-state index in [-0.39, 0.29) is 0 Å². The third kappa shape index (κ3) is 3.24. The molecule has 0 aromatic heterocycles. The minimum atomic E-state index is -0.696. The molecule has 1 aromatic carbocycles. The second kappa shape index (κ2) is 4.62. The van der Waals surface area contributed by atoms with Gasteiger partial charge in [-0.3, -0.25) is 0 Å². The number of rotatable bonds is 3. The molecular weight excluding hydrogens is 287 g/mol. The van der Waals surface area contributed by atoms with Gasteiger partial charge in [-0.2, -0.15) is 0 Å². The largest absolute Gasteiger partial charge is 0.385 e. The maximum absolute atomic E-state index is 10.2. The predicted octanol–water partition coefficient (Wildman–Crippen LogP) is 3.54. The minimum absolute atomic E-state index is 0.504. The molecule has 0 radical (unpaired) electrons. The van der Waals surface area contributed by atoms with Gasteiger partial charge >= 0.3 is 0 Å². The summed E-state index contributed by atoms with van der Waals surface area (Å²) in [6.45, 7) is 6.14. The zero-order valence-corrected chi connectivity index (χ0v) is 11.1. The second-order valence-electron chi connectivity index (χ2n) is 4.38. The molecule has 0 saturated heterocycles. The normalized spacial score (nSPS) is 15.6. The summed E-state index contributed by atoms with van der Waals surface area (Å²) < 4.78 is 1.20. The fourth-order valence-electron chi connectivity index (χ4n) is 1.72. The average Bonchev–Trinajstić information content (AvgIpc) is 2.02. The zero-order valence-electron chi connectivity index (χ0n) is 8.92. The van der Waals surface area contributed by atoms with Crippen LogP contribution in [0.5, 0.6) is 0 Å². The summed E-state index contributed by atoms with van der Waals surface area (Å²) in [5, 5.41) is 10.2. The van der Waals surface area contributed by atoms with Crippen molar-refractivity contribution < 1.29 is 5.11 Å². The van der Waals surface area contributed by atoms with Gasteiger partial charge in [-0.1, -0.05) is 26.0 Å². The van der Waals surface area contributed by atoms with Crippen LogP contribution in [0.25, 0.3) is 0 Å².